The molecular weight excluding hydrogens is 541 g/mol. The van der Waals surface area contributed by atoms with Gasteiger partial charge in [0.1, 0.15) is 0 Å². The standard InChI is InChI=1S/2C9H21P.2ClH.Ir.2H/c2*1-7(2)10(8(3)4)9(5)6;;;;;/h2*7-9H,1-6H3;2*1H;;;/q;;;;;2*-1/p-2. The topological polar surface area (TPSA) is 0 Å². The summed E-state index contributed by atoms with van der Waals surface area (Å²) in [5.74, 6) is 0. The Hall–Kier alpha value is 2.09. The van der Waals surface area contributed by atoms with Crippen LogP contribution in [0.3, 0.4) is 0 Å². The molecule has 0 nitrogen and oxygen atoms in total. The Morgan fingerprint density at radius 2 is 0.478 bits per heavy atom. The molecule has 0 saturated heterocycles. The van der Waals surface area contributed by atoms with Crippen LogP contribution in [0.4, 0.5) is 0 Å². The fourth-order valence-electron chi connectivity index (χ4n) is 3.58. The quantitative estimate of drug-likeness (QED) is 0.416. The van der Waals surface area contributed by atoms with Crippen LogP contribution in [0.1, 0.15) is 85.9 Å². The van der Waals surface area contributed by atoms with Gasteiger partial charge in [-0.15, -0.1) is 0 Å². The molecule has 0 N–H and O–H groups in total. The molecule has 0 aliphatic carbocycles. The summed E-state index contributed by atoms with van der Waals surface area (Å²) in [6.45, 7) is 28.2. The van der Waals surface area contributed by atoms with Gasteiger partial charge in [0.25, 0.3) is 0 Å². The molecule has 1 radical (unpaired) electrons. The van der Waals surface area contributed by atoms with Crippen molar-refractivity contribution in [2.24, 2.45) is 0 Å². The molecule has 0 atom stereocenters. The van der Waals surface area contributed by atoms with Crippen LogP contribution in [0.5, 0.6) is 0 Å². The van der Waals surface area contributed by atoms with E-state index in [0.29, 0.717) is 0 Å². The Balaban J connectivity index is -0.0000000432. The molecule has 5 heteroatoms. The van der Waals surface area contributed by atoms with Crippen molar-refractivity contribution in [1.29, 1.82) is 0 Å². The average molecular weight is 586 g/mol. The van der Waals surface area contributed by atoms with Crippen LogP contribution in [-0.2, 0) is 20.1 Å². The van der Waals surface area contributed by atoms with Crippen LogP contribution < -0.4 is 24.8 Å². The van der Waals surface area contributed by atoms with Crippen LogP contribution in [0.15, 0.2) is 0 Å². The van der Waals surface area contributed by atoms with Gasteiger partial charge < -0.3 is 27.7 Å². The third-order valence-electron chi connectivity index (χ3n) is 3.58. The van der Waals surface area contributed by atoms with Gasteiger partial charge in [-0.3, -0.25) is 0 Å². The predicted octanol–water partition coefficient (Wildman–Crippen LogP) is 1.62. The van der Waals surface area contributed by atoms with Crippen LogP contribution in [-0.4, -0.2) is 34.0 Å². The fraction of sp³-hybridized carbons (Fsp3) is 1.00. The van der Waals surface area contributed by atoms with Gasteiger partial charge in [0, 0.05) is 20.1 Å². The second-order valence-corrected chi connectivity index (χ2v) is 15.4. The summed E-state index contributed by atoms with van der Waals surface area (Å²) in [6.07, 6.45) is 0. The minimum atomic E-state index is 0. The third-order valence-corrected chi connectivity index (χ3v) is 10.7. The van der Waals surface area contributed by atoms with E-state index in [9.17, 15) is 0 Å². The number of hydrogen-bond donors (Lipinski definition) is 0. The van der Waals surface area contributed by atoms with Gasteiger partial charge in [-0.1, -0.05) is 98.9 Å². The fourth-order valence-corrected chi connectivity index (χ4v) is 10.7. The summed E-state index contributed by atoms with van der Waals surface area (Å²) in [6, 6.07) is 0. The van der Waals surface area contributed by atoms with Crippen LogP contribution in [0, 0.1) is 0 Å². The van der Waals surface area contributed by atoms with E-state index >= 15 is 0 Å². The zero-order valence-electron chi connectivity index (χ0n) is 19.4. The molecule has 0 aliphatic heterocycles. The average Bonchev–Trinajstić information content (AvgIpc) is 2.12. The molecule has 0 saturated carbocycles. The molecule has 23 heavy (non-hydrogen) atoms. The largest absolute Gasteiger partial charge is 1.00 e. The summed E-state index contributed by atoms with van der Waals surface area (Å²) in [7, 11) is 0.525. The molecule has 0 aromatic rings. The molecule has 0 unspecified atom stereocenters. The summed E-state index contributed by atoms with van der Waals surface area (Å²) >= 11 is 0. The van der Waals surface area contributed by atoms with Gasteiger partial charge in [0.2, 0.25) is 0 Å². The monoisotopic (exact) mass is 585 g/mol. The maximum absolute atomic E-state index is 2.35. The van der Waals surface area contributed by atoms with Crippen molar-refractivity contribution in [1.82, 2.24) is 0 Å². The van der Waals surface area contributed by atoms with Crippen molar-refractivity contribution in [3.63, 3.8) is 0 Å². The minimum absolute atomic E-state index is 0. The molecule has 0 bridgehead atoms. The van der Waals surface area contributed by atoms with E-state index in [1.165, 1.54) is 0 Å². The molecule has 0 aromatic heterocycles. The zero-order chi connectivity index (χ0) is 16.6. The van der Waals surface area contributed by atoms with Crippen molar-refractivity contribution in [2.45, 2.75) is 117 Å². The first-order valence-corrected chi connectivity index (χ1v) is 11.6. The SMILES string of the molecule is CC(C)P(C(C)C)C(C)C.CC(C)P(C(C)C)C(C)C.[Cl-].[Cl-].[H-].[H-].[Ir]. The normalized spacial score (nSPS) is 11.0. The van der Waals surface area contributed by atoms with E-state index < -0.39 is 0 Å². The van der Waals surface area contributed by atoms with Crippen LogP contribution in [0.25, 0.3) is 0 Å². The number of rotatable bonds is 6. The first-order chi connectivity index (χ1) is 8.93. The zero-order valence-corrected chi connectivity index (χ0v) is 23.1. The Labute approximate surface area is 180 Å². The Bertz CT molecular complexity index is 181. The van der Waals surface area contributed by atoms with Gasteiger partial charge in [-0.05, 0) is 34.0 Å². The Morgan fingerprint density at radius 1 is 0.391 bits per heavy atom. The first kappa shape index (κ1) is 36.1. The van der Waals surface area contributed by atoms with Gasteiger partial charge >= 0.3 is 0 Å². The van der Waals surface area contributed by atoms with Crippen molar-refractivity contribution < 1.29 is 47.8 Å². The first-order valence-electron chi connectivity index (χ1n) is 8.48. The van der Waals surface area contributed by atoms with Crippen molar-refractivity contribution in [2.75, 3.05) is 0 Å². The van der Waals surface area contributed by atoms with E-state index in [4.69, 9.17) is 0 Å². The molecule has 0 aromatic carbocycles. The molecular formula is C18H44Cl2IrP2-4. The van der Waals surface area contributed by atoms with Crippen LogP contribution in [0.2, 0.25) is 0 Å². The van der Waals surface area contributed by atoms with Crippen molar-refractivity contribution >= 4 is 15.8 Å². The Kier molecular flexibility index (Phi) is 29.6. The smallest absolute Gasteiger partial charge is 0 e. The molecule has 0 heterocycles. The van der Waals surface area contributed by atoms with E-state index in [1.54, 1.807) is 0 Å². The molecule has 0 aliphatic rings. The maximum Gasteiger partial charge on any atom is 0 e. The maximum atomic E-state index is 2.35. The third kappa shape index (κ3) is 17.3. The van der Waals surface area contributed by atoms with Crippen molar-refractivity contribution in [3.05, 3.63) is 0 Å². The molecule has 0 amide bonds. The second-order valence-electron chi connectivity index (χ2n) is 7.46. The summed E-state index contributed by atoms with van der Waals surface area (Å²) in [4.78, 5) is 0. The van der Waals surface area contributed by atoms with E-state index in [2.05, 4.69) is 83.1 Å². The second kappa shape index (κ2) is 18.9. The van der Waals surface area contributed by atoms with E-state index in [-0.39, 0.29) is 63.6 Å². The van der Waals surface area contributed by atoms with E-state index in [0.717, 1.165) is 34.0 Å². The van der Waals surface area contributed by atoms with E-state index in [1.807, 2.05) is 0 Å². The summed E-state index contributed by atoms with van der Waals surface area (Å²) < 4.78 is 0. The van der Waals surface area contributed by atoms with Gasteiger partial charge in [0.05, 0.1) is 0 Å². The van der Waals surface area contributed by atoms with Gasteiger partial charge in [-0.25, -0.2) is 0 Å². The van der Waals surface area contributed by atoms with Crippen LogP contribution >= 0.6 is 15.8 Å². The molecule has 0 spiro atoms. The molecule has 0 rings (SSSR count). The molecule has 153 valence electrons. The Morgan fingerprint density at radius 3 is 0.478 bits per heavy atom. The summed E-state index contributed by atoms with van der Waals surface area (Å²) in [5, 5.41) is 0. The van der Waals surface area contributed by atoms with Gasteiger partial charge in [0.15, 0.2) is 0 Å². The van der Waals surface area contributed by atoms with Crippen molar-refractivity contribution in [3.8, 4) is 0 Å². The number of halogens is 2. The molecule has 0 fully saturated rings. The summed E-state index contributed by atoms with van der Waals surface area (Å²) in [5.41, 5.74) is 5.39. The van der Waals surface area contributed by atoms with Gasteiger partial charge in [-0.2, -0.15) is 0 Å². The predicted molar refractivity (Wildman–Crippen MR) is 107 cm³/mol. The minimum Gasteiger partial charge on any atom is -1.00 e. The number of hydrogen-bond acceptors (Lipinski definition) is 0.